The highest BCUT2D eigenvalue weighted by Gasteiger charge is 2.39. The van der Waals surface area contributed by atoms with Crippen molar-refractivity contribution < 1.29 is 23.9 Å². The second-order valence-corrected chi connectivity index (χ2v) is 8.08. The van der Waals surface area contributed by atoms with Gasteiger partial charge in [0.1, 0.15) is 17.6 Å². The van der Waals surface area contributed by atoms with E-state index in [4.69, 9.17) is 9.52 Å². The summed E-state index contributed by atoms with van der Waals surface area (Å²) in [6, 6.07) is 13.2. The molecule has 0 spiro atoms. The van der Waals surface area contributed by atoms with E-state index in [1.807, 2.05) is 43.3 Å². The second kappa shape index (κ2) is 11.1. The van der Waals surface area contributed by atoms with E-state index in [0.29, 0.717) is 10.9 Å². The zero-order chi connectivity index (χ0) is 22.9. The number of benzene rings is 1. The molecule has 1 atom stereocenters. The van der Waals surface area contributed by atoms with Gasteiger partial charge in [0.15, 0.2) is 5.17 Å². The monoisotopic (exact) mass is 454 g/mol. The summed E-state index contributed by atoms with van der Waals surface area (Å²) in [5, 5.41) is 18.9. The third-order valence-corrected chi connectivity index (χ3v) is 5.49. The maximum atomic E-state index is 12.9. The molecule has 1 aliphatic heterocycles. The Morgan fingerprint density at radius 3 is 2.72 bits per heavy atom. The first-order valence-corrected chi connectivity index (χ1v) is 10.6. The largest absolute Gasteiger partial charge is 0.480 e. The molecule has 2 N–H and O–H groups in total. The first-order valence-electron chi connectivity index (χ1n) is 9.75. The molecule has 0 saturated carbocycles. The molecule has 1 aromatic heterocycles. The normalized spacial score (nSPS) is 18.0. The van der Waals surface area contributed by atoms with Crippen molar-refractivity contribution in [3.8, 4) is 0 Å². The molecule has 1 saturated heterocycles. The van der Waals surface area contributed by atoms with Crippen LogP contribution in [-0.2, 0) is 20.9 Å². The van der Waals surface area contributed by atoms with Crippen molar-refractivity contribution in [3.05, 3.63) is 65.6 Å². The molecule has 1 aliphatic rings. The van der Waals surface area contributed by atoms with Crippen molar-refractivity contribution in [1.29, 1.82) is 0 Å². The Labute approximate surface area is 188 Å². The number of amidine groups is 1. The van der Waals surface area contributed by atoms with E-state index in [9.17, 15) is 14.4 Å². The summed E-state index contributed by atoms with van der Waals surface area (Å²) in [7, 11) is 0. The number of thioether (sulfide) groups is 1. The maximum absolute atomic E-state index is 12.9. The molecular weight excluding hydrogens is 432 g/mol. The maximum Gasteiger partial charge on any atom is 0.322 e. The first-order chi connectivity index (χ1) is 15.4. The fraction of sp³-hybridized carbons (Fsp3) is 0.227. The number of rotatable bonds is 9. The molecule has 0 unspecified atom stereocenters. The number of allylic oxidation sites excluding steroid dienone is 1. The highest BCUT2D eigenvalue weighted by Crippen LogP contribution is 2.31. The summed E-state index contributed by atoms with van der Waals surface area (Å²) < 4.78 is 5.33. The predicted molar refractivity (Wildman–Crippen MR) is 122 cm³/mol. The zero-order valence-corrected chi connectivity index (χ0v) is 18.1. The number of amides is 2. The smallest absolute Gasteiger partial charge is 0.322 e. The Kier molecular flexibility index (Phi) is 7.98. The van der Waals surface area contributed by atoms with E-state index in [2.05, 4.69) is 15.5 Å². The summed E-state index contributed by atoms with van der Waals surface area (Å²) in [6.07, 6.45) is 4.88. The first kappa shape index (κ1) is 23.0. The van der Waals surface area contributed by atoms with Gasteiger partial charge >= 0.3 is 5.97 Å². The molecule has 2 heterocycles. The Morgan fingerprint density at radius 2 is 2.03 bits per heavy atom. The Hall–Kier alpha value is -3.66. The minimum Gasteiger partial charge on any atom is -0.480 e. The van der Waals surface area contributed by atoms with E-state index < -0.39 is 23.7 Å². The summed E-state index contributed by atoms with van der Waals surface area (Å²) in [5.41, 5.74) is 1.90. The lowest BCUT2D eigenvalue weighted by molar-refractivity contribution is -0.138. The van der Waals surface area contributed by atoms with Crippen LogP contribution in [0.1, 0.15) is 24.7 Å². The number of furan rings is 1. The predicted octanol–water partition coefficient (Wildman–Crippen LogP) is 2.76. The number of carbonyl (C=O) groups excluding carboxylic acids is 2. The fourth-order valence-corrected chi connectivity index (χ4v) is 3.95. The van der Waals surface area contributed by atoms with Crippen LogP contribution in [0.3, 0.4) is 0 Å². The number of carboxylic acids is 1. The van der Waals surface area contributed by atoms with Crippen LogP contribution >= 0.6 is 11.8 Å². The van der Waals surface area contributed by atoms with Crippen LogP contribution in [-0.4, -0.2) is 51.0 Å². The lowest BCUT2D eigenvalue weighted by Gasteiger charge is -2.14. The lowest BCUT2D eigenvalue weighted by Crippen LogP contribution is -2.35. The SMILES string of the molecule is CC(/C=N\N=C1/S[C@@H](CC(=O)NCC(=O)O)C(=O)N1Cc1ccco1)=C\c1ccccc1. The van der Waals surface area contributed by atoms with Crippen molar-refractivity contribution in [1.82, 2.24) is 10.2 Å². The Balaban J connectivity index is 1.73. The van der Waals surface area contributed by atoms with Crippen molar-refractivity contribution in [2.75, 3.05) is 6.54 Å². The van der Waals surface area contributed by atoms with Gasteiger partial charge in [-0.25, -0.2) is 0 Å². The number of aliphatic carboxylic acids is 1. The average molecular weight is 455 g/mol. The molecule has 166 valence electrons. The quantitative estimate of drug-likeness (QED) is 0.443. The highest BCUT2D eigenvalue weighted by atomic mass is 32.2. The van der Waals surface area contributed by atoms with Crippen molar-refractivity contribution in [2.45, 2.75) is 25.1 Å². The number of carboxylic acid groups (broad SMARTS) is 1. The Morgan fingerprint density at radius 1 is 1.25 bits per heavy atom. The molecular formula is C22H22N4O5S. The van der Waals surface area contributed by atoms with Gasteiger partial charge in [-0.2, -0.15) is 5.10 Å². The Bertz CT molecular complexity index is 1050. The van der Waals surface area contributed by atoms with Crippen LogP contribution in [0.25, 0.3) is 6.08 Å². The van der Waals surface area contributed by atoms with Crippen LogP contribution in [0, 0.1) is 0 Å². The molecule has 1 aromatic carbocycles. The molecule has 3 rings (SSSR count). The second-order valence-electron chi connectivity index (χ2n) is 6.91. The zero-order valence-electron chi connectivity index (χ0n) is 17.3. The molecule has 10 heteroatoms. The number of nitrogens with zero attached hydrogens (tertiary/aromatic N) is 3. The molecule has 1 fully saturated rings. The molecule has 2 amide bonds. The van der Waals surface area contributed by atoms with Gasteiger partial charge in [-0.05, 0) is 30.2 Å². The van der Waals surface area contributed by atoms with Gasteiger partial charge in [-0.15, -0.1) is 5.10 Å². The van der Waals surface area contributed by atoms with Crippen molar-refractivity contribution in [3.63, 3.8) is 0 Å². The van der Waals surface area contributed by atoms with Gasteiger partial charge in [0.25, 0.3) is 0 Å². The summed E-state index contributed by atoms with van der Waals surface area (Å²) in [5.74, 6) is -1.43. The van der Waals surface area contributed by atoms with E-state index in [1.165, 1.54) is 11.2 Å². The van der Waals surface area contributed by atoms with Gasteiger partial charge in [0.05, 0.1) is 19.0 Å². The fourth-order valence-electron chi connectivity index (χ4n) is 2.85. The number of hydrogen-bond acceptors (Lipinski definition) is 7. The standard InChI is InChI=1S/C22H22N4O5S/c1-15(10-16-6-3-2-4-7-16)12-24-25-22-26(14-17-8-5-9-31-17)21(30)18(32-22)11-19(27)23-13-20(28)29/h2-10,12,18H,11,13-14H2,1H3,(H,23,27)(H,28,29)/b15-10+,24-12-,25-22-/t18-/m0/s1. The third kappa shape index (κ3) is 6.67. The molecule has 2 aromatic rings. The van der Waals surface area contributed by atoms with Crippen molar-refractivity contribution in [2.24, 2.45) is 10.2 Å². The summed E-state index contributed by atoms with van der Waals surface area (Å²) >= 11 is 1.11. The molecule has 9 nitrogen and oxygen atoms in total. The van der Waals surface area contributed by atoms with Gasteiger partial charge in [0.2, 0.25) is 11.8 Å². The molecule has 0 bridgehead atoms. The molecule has 0 aliphatic carbocycles. The minimum absolute atomic E-state index is 0.152. The van der Waals surface area contributed by atoms with E-state index in [-0.39, 0.29) is 18.9 Å². The summed E-state index contributed by atoms with van der Waals surface area (Å²) in [6.45, 7) is 1.54. The number of hydrogen-bond donors (Lipinski definition) is 2. The van der Waals surface area contributed by atoms with Crippen molar-refractivity contribution >= 4 is 47.0 Å². The van der Waals surface area contributed by atoms with Gasteiger partial charge in [0, 0.05) is 6.42 Å². The van der Waals surface area contributed by atoms with Crippen LogP contribution in [0.2, 0.25) is 0 Å². The molecule has 0 radical (unpaired) electrons. The topological polar surface area (TPSA) is 125 Å². The highest BCUT2D eigenvalue weighted by molar-refractivity contribution is 8.15. The van der Waals surface area contributed by atoms with Crippen LogP contribution in [0.5, 0.6) is 0 Å². The third-order valence-electron chi connectivity index (χ3n) is 4.32. The van der Waals surface area contributed by atoms with Crippen LogP contribution in [0.4, 0.5) is 0 Å². The molecule has 32 heavy (non-hydrogen) atoms. The van der Waals surface area contributed by atoms with Gasteiger partial charge in [-0.3, -0.25) is 19.3 Å². The van der Waals surface area contributed by atoms with Gasteiger partial charge < -0.3 is 14.8 Å². The number of nitrogens with one attached hydrogen (secondary N) is 1. The summed E-state index contributed by atoms with van der Waals surface area (Å²) in [4.78, 5) is 36.9. The van der Waals surface area contributed by atoms with E-state index in [1.54, 1.807) is 18.3 Å². The van der Waals surface area contributed by atoms with E-state index >= 15 is 0 Å². The van der Waals surface area contributed by atoms with E-state index in [0.717, 1.165) is 22.9 Å². The minimum atomic E-state index is -1.15. The van der Waals surface area contributed by atoms with Crippen LogP contribution < -0.4 is 5.32 Å². The lowest BCUT2D eigenvalue weighted by atomic mass is 10.1. The van der Waals surface area contributed by atoms with Crippen LogP contribution in [0.15, 0.2) is 68.9 Å². The average Bonchev–Trinajstić information content (AvgIpc) is 3.37. The number of carbonyl (C=O) groups is 3. The van der Waals surface area contributed by atoms with Gasteiger partial charge in [-0.1, -0.05) is 48.2 Å².